The van der Waals surface area contributed by atoms with Gasteiger partial charge in [-0.15, -0.1) is 4.83 Å². The van der Waals surface area contributed by atoms with E-state index in [-0.39, 0.29) is 6.61 Å². The minimum absolute atomic E-state index is 0.371. The van der Waals surface area contributed by atoms with Gasteiger partial charge >= 0.3 is 0 Å². The molecule has 0 aliphatic carbocycles. The molecule has 0 radical (unpaired) electrons. The lowest BCUT2D eigenvalue weighted by atomic mass is 10.2. The van der Waals surface area contributed by atoms with Crippen molar-refractivity contribution in [1.29, 1.82) is 0 Å². The number of carbonyl (C=O) groups excluding carboxylic acids is 1. The van der Waals surface area contributed by atoms with Crippen molar-refractivity contribution in [3.05, 3.63) is 64.5 Å². The highest BCUT2D eigenvalue weighted by atomic mass is 35.5. The first-order chi connectivity index (χ1) is 12.4. The summed E-state index contributed by atoms with van der Waals surface area (Å²) in [5, 5.41) is 1.47. The molecule has 2 rings (SSSR count). The summed E-state index contributed by atoms with van der Waals surface area (Å²) in [5.74, 6) is 0.168. The van der Waals surface area contributed by atoms with Crippen LogP contribution in [0.1, 0.15) is 5.56 Å². The maximum Gasteiger partial charge on any atom is 0.272 e. The Hall–Kier alpha value is -2.55. The molecule has 0 saturated heterocycles. The molecule has 0 bridgehead atoms. The second-order valence-corrected chi connectivity index (χ2v) is 6.99. The Morgan fingerprint density at radius 2 is 1.77 bits per heavy atom. The van der Waals surface area contributed by atoms with Crippen molar-refractivity contribution in [2.24, 2.45) is 0 Å². The molecule has 26 heavy (non-hydrogen) atoms. The maximum atomic E-state index is 11.9. The van der Waals surface area contributed by atoms with Gasteiger partial charge in [0, 0.05) is 10.4 Å². The Bertz CT molecular complexity index is 882. The second kappa shape index (κ2) is 9.23. The number of para-hydroxylation sites is 2. The molecule has 2 aromatic rings. The van der Waals surface area contributed by atoms with Gasteiger partial charge in [-0.25, -0.2) is 8.42 Å². The summed E-state index contributed by atoms with van der Waals surface area (Å²) < 4.78 is 34.1. The number of methoxy groups -OCH3 is 1. The van der Waals surface area contributed by atoms with E-state index in [1.165, 1.54) is 13.2 Å². The van der Waals surface area contributed by atoms with Gasteiger partial charge in [0.05, 0.1) is 7.11 Å². The quantitative estimate of drug-likeness (QED) is 0.668. The molecule has 0 aliphatic heterocycles. The van der Waals surface area contributed by atoms with Crippen LogP contribution in [0.2, 0.25) is 5.02 Å². The van der Waals surface area contributed by atoms with E-state index >= 15 is 0 Å². The predicted molar refractivity (Wildman–Crippen MR) is 99.2 cm³/mol. The number of hydrogen-bond acceptors (Lipinski definition) is 5. The number of benzene rings is 2. The van der Waals surface area contributed by atoms with Crippen LogP contribution >= 0.6 is 11.6 Å². The number of sulfonamides is 1. The standard InChI is InChI=1S/C17H17ClN2O5S/c1-24-15-4-2-3-5-16(15)25-12-17(21)19-20-26(22,23)11-10-13-6-8-14(18)9-7-13/h2-11,20H,12H2,1H3,(H,19,21)/b11-10+. The smallest absolute Gasteiger partial charge is 0.272 e. The van der Waals surface area contributed by atoms with Crippen LogP contribution < -0.4 is 19.7 Å². The summed E-state index contributed by atoms with van der Waals surface area (Å²) in [6, 6.07) is 13.4. The second-order valence-electron chi connectivity index (χ2n) is 4.99. The molecule has 0 unspecified atom stereocenters. The number of rotatable bonds is 8. The third-order valence-electron chi connectivity index (χ3n) is 3.07. The van der Waals surface area contributed by atoms with Crippen molar-refractivity contribution in [3.63, 3.8) is 0 Å². The van der Waals surface area contributed by atoms with E-state index in [0.717, 1.165) is 5.41 Å². The lowest BCUT2D eigenvalue weighted by molar-refractivity contribution is -0.123. The van der Waals surface area contributed by atoms with Crippen molar-refractivity contribution >= 4 is 33.6 Å². The predicted octanol–water partition coefficient (Wildman–Crippen LogP) is 2.35. The molecule has 0 aliphatic rings. The minimum Gasteiger partial charge on any atom is -0.493 e. The Labute approximate surface area is 156 Å². The van der Waals surface area contributed by atoms with Crippen LogP contribution in [0, 0.1) is 0 Å². The highest BCUT2D eigenvalue weighted by molar-refractivity contribution is 7.92. The first-order valence-electron chi connectivity index (χ1n) is 7.40. The monoisotopic (exact) mass is 396 g/mol. The molecule has 7 nitrogen and oxygen atoms in total. The minimum atomic E-state index is -3.86. The molecule has 0 spiro atoms. The number of ether oxygens (including phenoxy) is 2. The zero-order chi connectivity index (χ0) is 19.0. The van der Waals surface area contributed by atoms with Gasteiger partial charge in [0.2, 0.25) is 0 Å². The van der Waals surface area contributed by atoms with E-state index in [4.69, 9.17) is 21.1 Å². The third kappa shape index (κ3) is 6.40. The summed E-state index contributed by atoms with van der Waals surface area (Å²) in [6.45, 7) is -0.385. The molecular formula is C17H17ClN2O5S. The van der Waals surface area contributed by atoms with Gasteiger partial charge in [-0.1, -0.05) is 35.9 Å². The van der Waals surface area contributed by atoms with Gasteiger partial charge in [0.15, 0.2) is 18.1 Å². The molecular weight excluding hydrogens is 380 g/mol. The first-order valence-corrected chi connectivity index (χ1v) is 9.32. The Morgan fingerprint density at radius 3 is 2.42 bits per heavy atom. The lowest BCUT2D eigenvalue weighted by Gasteiger charge is -2.10. The fourth-order valence-corrected chi connectivity index (χ4v) is 2.61. The number of amides is 1. The van der Waals surface area contributed by atoms with Crippen molar-refractivity contribution in [3.8, 4) is 11.5 Å². The van der Waals surface area contributed by atoms with Crippen molar-refractivity contribution in [1.82, 2.24) is 10.3 Å². The number of hydrogen-bond donors (Lipinski definition) is 2. The van der Waals surface area contributed by atoms with Crippen LogP contribution in [-0.4, -0.2) is 28.0 Å². The summed E-state index contributed by atoms with van der Waals surface area (Å²) >= 11 is 5.76. The zero-order valence-electron chi connectivity index (χ0n) is 13.8. The molecule has 0 heterocycles. The van der Waals surface area contributed by atoms with E-state index < -0.39 is 15.9 Å². The van der Waals surface area contributed by atoms with Crippen LogP contribution in [0.4, 0.5) is 0 Å². The largest absolute Gasteiger partial charge is 0.493 e. The summed E-state index contributed by atoms with van der Waals surface area (Å²) in [5.41, 5.74) is 2.71. The molecule has 2 N–H and O–H groups in total. The Balaban J connectivity index is 1.84. The molecule has 0 atom stereocenters. The summed E-state index contributed by atoms with van der Waals surface area (Å²) in [4.78, 5) is 13.7. The van der Waals surface area contributed by atoms with Gasteiger partial charge in [0.1, 0.15) is 0 Å². The van der Waals surface area contributed by atoms with Crippen LogP contribution in [0.3, 0.4) is 0 Å². The molecule has 138 valence electrons. The van der Waals surface area contributed by atoms with Gasteiger partial charge in [-0.3, -0.25) is 10.2 Å². The Kier molecular flexibility index (Phi) is 7.02. The third-order valence-corrected chi connectivity index (χ3v) is 4.20. The molecule has 1 amide bonds. The number of halogens is 1. The summed E-state index contributed by atoms with van der Waals surface area (Å²) in [6.07, 6.45) is 1.37. The van der Waals surface area contributed by atoms with Crippen molar-refractivity contribution < 1.29 is 22.7 Å². The zero-order valence-corrected chi connectivity index (χ0v) is 15.4. The highest BCUT2D eigenvalue weighted by Crippen LogP contribution is 2.25. The first kappa shape index (κ1) is 19.8. The Morgan fingerprint density at radius 1 is 1.12 bits per heavy atom. The van der Waals surface area contributed by atoms with Crippen molar-refractivity contribution in [2.75, 3.05) is 13.7 Å². The average Bonchev–Trinajstić information content (AvgIpc) is 2.64. The van der Waals surface area contributed by atoms with Crippen LogP contribution in [-0.2, 0) is 14.8 Å². The number of nitrogens with one attached hydrogen (secondary N) is 2. The van der Waals surface area contributed by atoms with Crippen LogP contribution in [0.5, 0.6) is 11.5 Å². The van der Waals surface area contributed by atoms with E-state index in [2.05, 4.69) is 5.43 Å². The van der Waals surface area contributed by atoms with Crippen LogP contribution in [0.25, 0.3) is 6.08 Å². The van der Waals surface area contributed by atoms with Gasteiger partial charge < -0.3 is 9.47 Å². The fraction of sp³-hybridized carbons (Fsp3) is 0.118. The lowest BCUT2D eigenvalue weighted by Crippen LogP contribution is -2.42. The fourth-order valence-electron chi connectivity index (χ4n) is 1.82. The van der Waals surface area contributed by atoms with Gasteiger partial charge in [-0.2, -0.15) is 0 Å². The number of carbonyl (C=O) groups is 1. The topological polar surface area (TPSA) is 93.7 Å². The van der Waals surface area contributed by atoms with Crippen LogP contribution in [0.15, 0.2) is 53.9 Å². The number of hydrazine groups is 1. The molecule has 2 aromatic carbocycles. The van der Waals surface area contributed by atoms with Gasteiger partial charge in [0.25, 0.3) is 15.9 Å². The SMILES string of the molecule is COc1ccccc1OCC(=O)NNS(=O)(=O)/C=C/c1ccc(Cl)cc1. The van der Waals surface area contributed by atoms with E-state index in [9.17, 15) is 13.2 Å². The molecule has 0 aromatic heterocycles. The van der Waals surface area contributed by atoms with E-state index in [1.807, 2.05) is 4.83 Å². The van der Waals surface area contributed by atoms with Crippen molar-refractivity contribution in [2.45, 2.75) is 0 Å². The molecule has 0 saturated carbocycles. The maximum absolute atomic E-state index is 11.9. The van der Waals surface area contributed by atoms with E-state index in [0.29, 0.717) is 22.1 Å². The van der Waals surface area contributed by atoms with E-state index in [1.54, 1.807) is 48.5 Å². The summed E-state index contributed by atoms with van der Waals surface area (Å²) in [7, 11) is -2.38. The molecule has 0 fully saturated rings. The molecule has 9 heteroatoms. The van der Waals surface area contributed by atoms with Gasteiger partial charge in [-0.05, 0) is 35.9 Å². The normalized spacial score (nSPS) is 11.3. The average molecular weight is 397 g/mol. The highest BCUT2D eigenvalue weighted by Gasteiger charge is 2.10.